The first kappa shape index (κ1) is 9.99. The minimum absolute atomic E-state index is 0.419. The number of hydrogen-bond donors (Lipinski definition) is 0. The van der Waals surface area contributed by atoms with Gasteiger partial charge in [-0.2, -0.15) is 0 Å². The molecule has 96 valence electrons. The third kappa shape index (κ3) is 0.779. The van der Waals surface area contributed by atoms with Crippen LogP contribution in [-0.4, -0.2) is 0 Å². The topological polar surface area (TPSA) is 0 Å². The molecule has 0 aromatic heterocycles. The van der Waals surface area contributed by atoms with Crippen molar-refractivity contribution in [1.82, 2.24) is 0 Å². The zero-order chi connectivity index (χ0) is 12.9. The number of rotatable bonds is 0. The molecule has 0 atom stereocenters. The smallest absolute Gasteiger partial charge is 0.0137 e. The van der Waals surface area contributed by atoms with E-state index in [0.717, 1.165) is 0 Å². The van der Waals surface area contributed by atoms with Crippen molar-refractivity contribution in [3.63, 3.8) is 0 Å². The molecule has 0 nitrogen and oxygen atoms in total. The van der Waals surface area contributed by atoms with E-state index in [2.05, 4.69) is 48.5 Å². The zero-order valence-corrected chi connectivity index (χ0v) is 11.4. The van der Waals surface area contributed by atoms with Crippen molar-refractivity contribution in [3.8, 4) is 11.1 Å². The third-order valence-electron chi connectivity index (χ3n) is 6.65. The second-order valence-electron chi connectivity index (χ2n) is 7.17. The van der Waals surface area contributed by atoms with Crippen molar-refractivity contribution in [1.29, 1.82) is 0 Å². The van der Waals surface area contributed by atoms with Crippen LogP contribution in [0.1, 0.15) is 36.8 Å². The molecule has 2 aromatic rings. The fraction of sp³-hybridized carbons (Fsp3) is 0.300. The van der Waals surface area contributed by atoms with Crippen LogP contribution >= 0.6 is 0 Å². The highest BCUT2D eigenvalue weighted by atomic mass is 14.7. The van der Waals surface area contributed by atoms with Gasteiger partial charge >= 0.3 is 0 Å². The second kappa shape index (κ2) is 2.79. The van der Waals surface area contributed by atoms with Gasteiger partial charge in [-0.3, -0.25) is 0 Å². The van der Waals surface area contributed by atoms with Crippen LogP contribution in [0.3, 0.4) is 0 Å². The normalized spacial score (nSPS) is 34.4. The van der Waals surface area contributed by atoms with Crippen molar-refractivity contribution in [2.24, 2.45) is 0 Å². The number of benzene rings is 2. The summed E-state index contributed by atoms with van der Waals surface area (Å²) in [5.41, 5.74) is 10.7. The number of allylic oxidation sites excluding steroid dienone is 2. The van der Waals surface area contributed by atoms with Crippen LogP contribution < -0.4 is 0 Å². The van der Waals surface area contributed by atoms with Crippen LogP contribution in [0.5, 0.6) is 0 Å². The molecule has 0 radical (unpaired) electrons. The van der Waals surface area contributed by atoms with Gasteiger partial charge in [-0.25, -0.2) is 0 Å². The zero-order valence-electron chi connectivity index (χ0n) is 11.4. The lowest BCUT2D eigenvalue weighted by Crippen LogP contribution is -2.43. The van der Waals surface area contributed by atoms with E-state index in [-0.39, 0.29) is 0 Å². The van der Waals surface area contributed by atoms with E-state index in [1.807, 2.05) is 0 Å². The fourth-order valence-corrected chi connectivity index (χ4v) is 6.05. The van der Waals surface area contributed by atoms with Crippen molar-refractivity contribution >= 4 is 0 Å². The maximum atomic E-state index is 2.41. The Hall–Kier alpha value is -1.82. The van der Waals surface area contributed by atoms with Gasteiger partial charge in [0.15, 0.2) is 0 Å². The quantitative estimate of drug-likeness (QED) is 0.597. The first-order valence-electron chi connectivity index (χ1n) is 7.73. The van der Waals surface area contributed by atoms with E-state index in [9.17, 15) is 0 Å². The van der Waals surface area contributed by atoms with Crippen LogP contribution in [0.25, 0.3) is 11.1 Å². The van der Waals surface area contributed by atoms with Gasteiger partial charge in [0, 0.05) is 10.8 Å². The van der Waals surface area contributed by atoms with Gasteiger partial charge in [-0.15, -0.1) is 0 Å². The largest absolute Gasteiger partial charge is 0.0691 e. The van der Waals surface area contributed by atoms with Crippen molar-refractivity contribution in [2.45, 2.75) is 36.5 Å². The minimum atomic E-state index is 0.419. The van der Waals surface area contributed by atoms with Gasteiger partial charge in [0.1, 0.15) is 0 Å². The van der Waals surface area contributed by atoms with E-state index in [1.54, 1.807) is 22.3 Å². The predicted molar refractivity (Wildman–Crippen MR) is 80.7 cm³/mol. The van der Waals surface area contributed by atoms with E-state index in [4.69, 9.17) is 0 Å². The Balaban J connectivity index is 1.83. The van der Waals surface area contributed by atoms with Gasteiger partial charge < -0.3 is 0 Å². The summed E-state index contributed by atoms with van der Waals surface area (Å²) in [6.45, 7) is 0. The molecule has 0 aliphatic heterocycles. The number of fused-ring (bicyclic) bond motifs is 3. The number of hydrogen-bond acceptors (Lipinski definition) is 0. The Morgan fingerprint density at radius 3 is 1.40 bits per heavy atom. The van der Waals surface area contributed by atoms with Crippen LogP contribution in [0.2, 0.25) is 0 Å². The molecule has 2 spiro atoms. The molecular weight excluding hydrogens is 240 g/mol. The molecule has 0 heterocycles. The maximum Gasteiger partial charge on any atom is 0.0137 e. The lowest BCUT2D eigenvalue weighted by atomic mass is 9.55. The summed E-state index contributed by atoms with van der Waals surface area (Å²) in [5.74, 6) is 0. The van der Waals surface area contributed by atoms with Gasteiger partial charge in [0.05, 0.1) is 0 Å². The standard InChI is InChI=1S/C20H16/c1-3-7-17-15(5-1)16-6-2-4-8-18(16)20-11-13-9-19(17,20)10-14(13)12-20/h1-8H,9-12H2. The van der Waals surface area contributed by atoms with Gasteiger partial charge in [0.25, 0.3) is 0 Å². The first-order chi connectivity index (χ1) is 9.84. The summed E-state index contributed by atoms with van der Waals surface area (Å²) in [4.78, 5) is 0. The summed E-state index contributed by atoms with van der Waals surface area (Å²) >= 11 is 0. The summed E-state index contributed by atoms with van der Waals surface area (Å²) in [5, 5.41) is 0. The highest BCUT2D eigenvalue weighted by Gasteiger charge is 2.69. The molecule has 2 saturated carbocycles. The van der Waals surface area contributed by atoms with E-state index in [1.165, 1.54) is 36.8 Å². The van der Waals surface area contributed by atoms with E-state index < -0.39 is 0 Å². The molecular formula is C20H16. The van der Waals surface area contributed by atoms with Crippen LogP contribution in [0.15, 0.2) is 59.7 Å². The Kier molecular flexibility index (Phi) is 1.39. The average Bonchev–Trinajstić information content (AvgIpc) is 3.19. The van der Waals surface area contributed by atoms with Crippen LogP contribution in [-0.2, 0) is 10.8 Å². The monoisotopic (exact) mass is 256 g/mol. The Morgan fingerprint density at radius 1 is 0.550 bits per heavy atom. The Bertz CT molecular complexity index is 736. The molecule has 2 fully saturated rings. The second-order valence-corrected chi connectivity index (χ2v) is 7.17. The van der Waals surface area contributed by atoms with Crippen molar-refractivity contribution in [3.05, 3.63) is 70.8 Å². The molecule has 0 heteroatoms. The lowest BCUT2D eigenvalue weighted by Gasteiger charge is -2.47. The predicted octanol–water partition coefficient (Wildman–Crippen LogP) is 4.74. The Morgan fingerprint density at radius 2 is 0.950 bits per heavy atom. The molecule has 2 aromatic carbocycles. The molecule has 7 rings (SSSR count). The van der Waals surface area contributed by atoms with E-state index in [0.29, 0.717) is 10.8 Å². The molecule has 0 unspecified atom stereocenters. The summed E-state index contributed by atoms with van der Waals surface area (Å²) < 4.78 is 0. The maximum absolute atomic E-state index is 2.41. The highest BCUT2D eigenvalue weighted by Crippen LogP contribution is 2.77. The summed E-state index contributed by atoms with van der Waals surface area (Å²) in [6.07, 6.45) is 5.36. The first-order valence-corrected chi connectivity index (χ1v) is 7.73. The van der Waals surface area contributed by atoms with E-state index >= 15 is 0 Å². The van der Waals surface area contributed by atoms with Gasteiger partial charge in [0.2, 0.25) is 0 Å². The van der Waals surface area contributed by atoms with Gasteiger partial charge in [-0.1, -0.05) is 59.7 Å². The third-order valence-corrected chi connectivity index (χ3v) is 6.65. The average molecular weight is 256 g/mol. The molecule has 5 aliphatic rings. The molecule has 20 heavy (non-hydrogen) atoms. The molecule has 5 aliphatic carbocycles. The van der Waals surface area contributed by atoms with Gasteiger partial charge in [-0.05, 0) is 47.9 Å². The molecule has 0 N–H and O–H groups in total. The molecule has 0 saturated heterocycles. The van der Waals surface area contributed by atoms with Crippen LogP contribution in [0.4, 0.5) is 0 Å². The fourth-order valence-electron chi connectivity index (χ4n) is 6.05. The summed E-state index contributed by atoms with van der Waals surface area (Å²) in [7, 11) is 0. The SMILES string of the molecule is c1ccc2c(c1)-c1ccccc1C13CC4=C(CC21C4)C3. The minimum Gasteiger partial charge on any atom is -0.0691 e. The molecule has 4 bridgehead atoms. The lowest BCUT2D eigenvalue weighted by molar-refractivity contribution is 0.299. The van der Waals surface area contributed by atoms with Crippen LogP contribution in [0, 0.1) is 0 Å². The Labute approximate surface area is 119 Å². The van der Waals surface area contributed by atoms with Crippen molar-refractivity contribution in [2.75, 3.05) is 0 Å². The highest BCUT2D eigenvalue weighted by molar-refractivity contribution is 5.81. The summed E-state index contributed by atoms with van der Waals surface area (Å²) in [6, 6.07) is 18.4. The molecule has 0 amide bonds. The van der Waals surface area contributed by atoms with Crippen molar-refractivity contribution < 1.29 is 0 Å².